The molecular formula is C17H23N5O4. The molecule has 0 bridgehead atoms. The summed E-state index contributed by atoms with van der Waals surface area (Å²) in [6.45, 7) is 5.13. The largest absolute Gasteiger partial charge is 0.490 e. The number of likely N-dealkylation sites (N-methyl/N-ethyl adjacent to an activating group) is 1. The third-order valence-corrected chi connectivity index (χ3v) is 3.99. The van der Waals surface area contributed by atoms with Crippen LogP contribution in [0.2, 0.25) is 0 Å². The predicted molar refractivity (Wildman–Crippen MR) is 98.4 cm³/mol. The maximum Gasteiger partial charge on any atom is 0.311 e. The molecule has 1 amide bonds. The number of carbonyl (C=O) groups is 1. The van der Waals surface area contributed by atoms with Crippen LogP contribution in [0.1, 0.15) is 13.8 Å². The van der Waals surface area contributed by atoms with Crippen molar-refractivity contribution in [3.8, 4) is 16.9 Å². The van der Waals surface area contributed by atoms with Crippen LogP contribution in [0.5, 0.6) is 5.75 Å². The second-order valence-corrected chi connectivity index (χ2v) is 5.76. The number of nitro benzene ring substituents is 1. The normalized spacial score (nSPS) is 10.5. The molecule has 1 heterocycles. The minimum atomic E-state index is -0.462. The standard InChI is InChI=1S/C17H23N5O4/c1-5-21(7-6-18-12(2)23)15-9-17(26-4)16(22(24)25)8-14(15)13-10-19-20(3)11-13/h8-11H,5-7H2,1-4H3,(H,18,23). The Labute approximate surface area is 151 Å². The maximum atomic E-state index is 11.4. The van der Waals surface area contributed by atoms with Crippen LogP contribution in [-0.2, 0) is 11.8 Å². The lowest BCUT2D eigenvalue weighted by Crippen LogP contribution is -2.34. The summed E-state index contributed by atoms with van der Waals surface area (Å²) in [5.41, 5.74) is 2.14. The molecule has 26 heavy (non-hydrogen) atoms. The molecule has 0 spiro atoms. The second kappa shape index (κ2) is 8.32. The summed E-state index contributed by atoms with van der Waals surface area (Å²) in [4.78, 5) is 24.1. The van der Waals surface area contributed by atoms with Crippen LogP contribution in [-0.4, -0.2) is 47.4 Å². The quantitative estimate of drug-likeness (QED) is 0.570. The van der Waals surface area contributed by atoms with Crippen molar-refractivity contribution in [3.63, 3.8) is 0 Å². The number of benzene rings is 1. The number of aryl methyl sites for hydroxylation is 1. The first kappa shape index (κ1) is 19.2. The third kappa shape index (κ3) is 4.29. The Morgan fingerprint density at radius 1 is 1.46 bits per heavy atom. The number of anilines is 1. The number of rotatable bonds is 8. The van der Waals surface area contributed by atoms with Gasteiger partial charge in [-0.05, 0) is 6.92 Å². The van der Waals surface area contributed by atoms with Crippen molar-refractivity contribution in [2.45, 2.75) is 13.8 Å². The van der Waals surface area contributed by atoms with Crippen LogP contribution in [0.3, 0.4) is 0 Å². The van der Waals surface area contributed by atoms with Crippen molar-refractivity contribution >= 4 is 17.3 Å². The number of nitro groups is 1. The van der Waals surface area contributed by atoms with Crippen molar-refractivity contribution in [3.05, 3.63) is 34.6 Å². The van der Waals surface area contributed by atoms with Crippen LogP contribution in [0.4, 0.5) is 11.4 Å². The van der Waals surface area contributed by atoms with Gasteiger partial charge in [-0.1, -0.05) is 0 Å². The van der Waals surface area contributed by atoms with E-state index in [2.05, 4.69) is 10.4 Å². The molecule has 0 unspecified atom stereocenters. The molecule has 0 fully saturated rings. The van der Waals surface area contributed by atoms with Gasteiger partial charge in [0, 0.05) is 68.7 Å². The van der Waals surface area contributed by atoms with E-state index in [-0.39, 0.29) is 17.3 Å². The molecule has 0 aliphatic rings. The van der Waals surface area contributed by atoms with Gasteiger partial charge in [-0.2, -0.15) is 5.10 Å². The van der Waals surface area contributed by atoms with Gasteiger partial charge in [0.2, 0.25) is 5.91 Å². The lowest BCUT2D eigenvalue weighted by atomic mass is 10.0. The van der Waals surface area contributed by atoms with Crippen LogP contribution >= 0.6 is 0 Å². The molecule has 0 aliphatic heterocycles. The van der Waals surface area contributed by atoms with Crippen molar-refractivity contribution < 1.29 is 14.5 Å². The lowest BCUT2D eigenvalue weighted by Gasteiger charge is -2.26. The fourth-order valence-corrected chi connectivity index (χ4v) is 2.73. The van der Waals surface area contributed by atoms with E-state index in [1.165, 1.54) is 20.1 Å². The summed E-state index contributed by atoms with van der Waals surface area (Å²) < 4.78 is 6.86. The lowest BCUT2D eigenvalue weighted by molar-refractivity contribution is -0.385. The number of nitrogens with one attached hydrogen (secondary N) is 1. The van der Waals surface area contributed by atoms with E-state index in [4.69, 9.17) is 4.74 Å². The molecule has 1 aromatic carbocycles. The van der Waals surface area contributed by atoms with E-state index in [1.54, 1.807) is 30.2 Å². The minimum Gasteiger partial charge on any atom is -0.490 e. The summed E-state index contributed by atoms with van der Waals surface area (Å²) >= 11 is 0. The fourth-order valence-electron chi connectivity index (χ4n) is 2.73. The van der Waals surface area contributed by atoms with E-state index in [9.17, 15) is 14.9 Å². The van der Waals surface area contributed by atoms with E-state index in [0.717, 1.165) is 11.3 Å². The molecule has 0 aliphatic carbocycles. The number of ether oxygens (including phenoxy) is 1. The number of hydrogen-bond acceptors (Lipinski definition) is 6. The number of aromatic nitrogens is 2. The Morgan fingerprint density at radius 3 is 2.69 bits per heavy atom. The minimum absolute atomic E-state index is 0.102. The third-order valence-electron chi connectivity index (χ3n) is 3.99. The highest BCUT2D eigenvalue weighted by Crippen LogP contribution is 2.40. The van der Waals surface area contributed by atoms with Crippen LogP contribution in [0.15, 0.2) is 24.5 Å². The van der Waals surface area contributed by atoms with Crippen LogP contribution in [0, 0.1) is 10.1 Å². The zero-order chi connectivity index (χ0) is 19.3. The number of methoxy groups -OCH3 is 1. The molecule has 9 nitrogen and oxygen atoms in total. The number of nitrogens with zero attached hydrogens (tertiary/aromatic N) is 4. The molecule has 2 rings (SSSR count). The van der Waals surface area contributed by atoms with E-state index < -0.39 is 4.92 Å². The van der Waals surface area contributed by atoms with E-state index >= 15 is 0 Å². The van der Waals surface area contributed by atoms with Gasteiger partial charge in [-0.15, -0.1) is 0 Å². The zero-order valence-electron chi connectivity index (χ0n) is 15.4. The SMILES string of the molecule is CCN(CCNC(C)=O)c1cc(OC)c([N+](=O)[O-])cc1-c1cnn(C)c1. The highest BCUT2D eigenvalue weighted by atomic mass is 16.6. The second-order valence-electron chi connectivity index (χ2n) is 5.76. The summed E-state index contributed by atoms with van der Waals surface area (Å²) in [6.07, 6.45) is 3.47. The molecule has 9 heteroatoms. The van der Waals surface area contributed by atoms with Crippen LogP contribution < -0.4 is 15.0 Å². The van der Waals surface area contributed by atoms with Gasteiger partial charge in [-0.3, -0.25) is 19.6 Å². The Hall–Kier alpha value is -3.10. The average Bonchev–Trinajstić information content (AvgIpc) is 3.03. The van der Waals surface area contributed by atoms with Crippen molar-refractivity contribution in [2.75, 3.05) is 31.6 Å². The van der Waals surface area contributed by atoms with Gasteiger partial charge in [0.1, 0.15) is 0 Å². The van der Waals surface area contributed by atoms with Gasteiger partial charge in [0.25, 0.3) is 0 Å². The molecule has 140 valence electrons. The van der Waals surface area contributed by atoms with Gasteiger partial charge < -0.3 is 15.0 Å². The smallest absolute Gasteiger partial charge is 0.311 e. The van der Waals surface area contributed by atoms with Crippen LogP contribution in [0.25, 0.3) is 11.1 Å². The van der Waals surface area contributed by atoms with Gasteiger partial charge in [0.15, 0.2) is 5.75 Å². The van der Waals surface area contributed by atoms with Crippen molar-refractivity contribution in [1.82, 2.24) is 15.1 Å². The van der Waals surface area contributed by atoms with E-state index in [0.29, 0.717) is 25.2 Å². The Balaban J connectivity index is 2.53. The summed E-state index contributed by atoms with van der Waals surface area (Å²) in [7, 11) is 3.19. The first-order valence-corrected chi connectivity index (χ1v) is 8.22. The molecule has 0 saturated carbocycles. The number of hydrogen-bond donors (Lipinski definition) is 1. The Kier molecular flexibility index (Phi) is 6.16. The average molecular weight is 361 g/mol. The molecule has 1 N–H and O–H groups in total. The fraction of sp³-hybridized carbons (Fsp3) is 0.412. The first-order valence-electron chi connectivity index (χ1n) is 8.22. The molecule has 0 atom stereocenters. The molecule has 0 saturated heterocycles. The van der Waals surface area contributed by atoms with Gasteiger partial charge in [-0.25, -0.2) is 0 Å². The molecule has 2 aromatic rings. The summed E-state index contributed by atoms with van der Waals surface area (Å²) in [5.74, 6) is 0.0884. The maximum absolute atomic E-state index is 11.4. The number of carbonyl (C=O) groups excluding carboxylic acids is 1. The first-order chi connectivity index (χ1) is 12.4. The highest BCUT2D eigenvalue weighted by Gasteiger charge is 2.23. The Bertz CT molecular complexity index is 802. The topological polar surface area (TPSA) is 103 Å². The van der Waals surface area contributed by atoms with Crippen molar-refractivity contribution in [1.29, 1.82) is 0 Å². The zero-order valence-corrected chi connectivity index (χ0v) is 15.4. The van der Waals surface area contributed by atoms with Crippen molar-refractivity contribution in [2.24, 2.45) is 7.05 Å². The van der Waals surface area contributed by atoms with Gasteiger partial charge >= 0.3 is 5.69 Å². The highest BCUT2D eigenvalue weighted by molar-refractivity contribution is 5.82. The molecule has 0 radical (unpaired) electrons. The predicted octanol–water partition coefficient (Wildman–Crippen LogP) is 1.97. The van der Waals surface area contributed by atoms with Gasteiger partial charge in [0.05, 0.1) is 18.2 Å². The molecular weight excluding hydrogens is 338 g/mol. The monoisotopic (exact) mass is 361 g/mol. The summed E-state index contributed by atoms with van der Waals surface area (Å²) in [6, 6.07) is 3.17. The Morgan fingerprint density at radius 2 is 2.19 bits per heavy atom. The molecule has 1 aromatic heterocycles. The summed E-state index contributed by atoms with van der Waals surface area (Å²) in [5, 5.41) is 18.3. The van der Waals surface area contributed by atoms with E-state index in [1.807, 2.05) is 11.8 Å². The number of amides is 1.